The van der Waals surface area contributed by atoms with Crippen LogP contribution in [0.1, 0.15) is 75.5 Å². The molecule has 25 heteroatoms. The van der Waals surface area contributed by atoms with Crippen molar-refractivity contribution < 1.29 is 87.4 Å². The third kappa shape index (κ3) is 18.5. The van der Waals surface area contributed by atoms with Crippen LogP contribution in [0.2, 0.25) is 0 Å². The number of carbonyl (C=O) groups excluding carboxylic acids is 3. The van der Waals surface area contributed by atoms with E-state index >= 15 is 0 Å². The Morgan fingerprint density at radius 1 is 0.798 bits per heavy atom. The van der Waals surface area contributed by atoms with E-state index in [9.17, 15) is 54.6 Å². The number of phenolic OH excluding ortho intramolecular Hbond substituents is 1. The summed E-state index contributed by atoms with van der Waals surface area (Å²) in [5.41, 5.74) is 1.20. The van der Waals surface area contributed by atoms with Crippen molar-refractivity contribution >= 4 is 40.5 Å². The quantitative estimate of drug-likeness (QED) is 0.0245. The lowest BCUT2D eigenvalue weighted by atomic mass is 9.82. The van der Waals surface area contributed by atoms with Gasteiger partial charge in [-0.15, -0.1) is 5.10 Å². The van der Waals surface area contributed by atoms with Gasteiger partial charge in [0.15, 0.2) is 11.7 Å². The van der Waals surface area contributed by atoms with Gasteiger partial charge in [-0.25, -0.2) is 14.3 Å². The van der Waals surface area contributed by atoms with Crippen LogP contribution in [0.4, 0.5) is 10.5 Å². The van der Waals surface area contributed by atoms with Crippen LogP contribution in [0.25, 0.3) is 33.4 Å². The molecule has 454 valence electrons. The van der Waals surface area contributed by atoms with Crippen LogP contribution in [0.15, 0.2) is 94.3 Å². The molecule has 9 N–H and O–H groups in total. The van der Waals surface area contributed by atoms with E-state index in [1.54, 1.807) is 33.0 Å². The predicted molar refractivity (Wildman–Crippen MR) is 303 cm³/mol. The largest absolute Gasteiger partial charge is 0.508 e. The lowest BCUT2D eigenvalue weighted by Gasteiger charge is -2.40. The molecule has 4 aromatic rings. The second-order valence-corrected chi connectivity index (χ2v) is 22.3. The number of carboxylic acid groups (broad SMARTS) is 1. The Labute approximate surface area is 484 Å². The van der Waals surface area contributed by atoms with Crippen molar-refractivity contribution in [2.45, 2.75) is 109 Å². The number of ether oxygens (including phenoxy) is 7. The average Bonchev–Trinajstić information content (AvgIpc) is 1.30. The van der Waals surface area contributed by atoms with E-state index in [4.69, 9.17) is 37.6 Å². The van der Waals surface area contributed by atoms with E-state index in [1.807, 2.05) is 24.3 Å². The zero-order valence-corrected chi connectivity index (χ0v) is 47.6. The first kappa shape index (κ1) is 64.0. The first-order valence-electron chi connectivity index (χ1n) is 27.4. The first-order chi connectivity index (χ1) is 39.9. The highest BCUT2D eigenvalue weighted by Crippen LogP contribution is 2.42. The smallest absolute Gasteiger partial charge is 0.408 e. The fourth-order valence-electron chi connectivity index (χ4n) is 9.25. The standard InChI is InChI=1S/C59H74N6O19/c1-58(2,3)29-35(33-81-56-53(72)52(71)51(70)48(32-66)83-56)34-7-12-40(13-8-34)80-24-23-79-22-21-78-20-19-77-18-17-65-31-37(63-64-65)26-45(62-57(76)84-59(4,5)6)54(73)60-30-49(69)61-36-9-14-41(44(25-36)55(74)75)50-42-15-10-38(67)27-46(42)82-47-28-39(68)11-16-43(47)50/h7-16,25,27-28,31,35,45,48,51-53,56,66-67,70-72H,17-24,26,29-30,32-33H2,1-6H3,(H,60,73)(H,61,69)(H,62,76)(H,74,75)/t35?,45-,48+,51+,52-,53+,56+/m0/s1. The Kier molecular flexibility index (Phi) is 22.3. The number of rotatable bonds is 28. The molecule has 0 spiro atoms. The Bertz CT molecular complexity index is 3190. The predicted octanol–water partition coefficient (Wildman–Crippen LogP) is 4.22. The summed E-state index contributed by atoms with van der Waals surface area (Å²) >= 11 is 0. The van der Waals surface area contributed by atoms with Gasteiger partial charge < -0.3 is 84.2 Å². The molecule has 0 bridgehead atoms. The number of amides is 3. The second-order valence-electron chi connectivity index (χ2n) is 22.3. The van der Waals surface area contributed by atoms with Crippen LogP contribution in [0.3, 0.4) is 0 Å². The molecule has 25 nitrogen and oxygen atoms in total. The van der Waals surface area contributed by atoms with Gasteiger partial charge in [0.05, 0.1) is 77.2 Å². The number of aliphatic hydroxyl groups is 4. The van der Waals surface area contributed by atoms with E-state index in [0.717, 1.165) is 12.0 Å². The molecular formula is C59H74N6O19. The maximum Gasteiger partial charge on any atom is 0.408 e. The van der Waals surface area contributed by atoms with Gasteiger partial charge in [0.25, 0.3) is 0 Å². The van der Waals surface area contributed by atoms with E-state index in [-0.39, 0.29) is 76.9 Å². The summed E-state index contributed by atoms with van der Waals surface area (Å²) in [4.78, 5) is 64.6. The number of aliphatic hydroxyl groups excluding tert-OH is 4. The number of alkyl carbamates (subject to hydrolysis) is 1. The monoisotopic (exact) mass is 1170 g/mol. The molecule has 1 aromatic heterocycles. The van der Waals surface area contributed by atoms with E-state index in [1.165, 1.54) is 53.2 Å². The number of phenols is 1. The summed E-state index contributed by atoms with van der Waals surface area (Å²) in [6.07, 6.45) is -5.46. The number of anilines is 1. The van der Waals surface area contributed by atoms with Gasteiger partial charge in [-0.05, 0) is 92.3 Å². The SMILES string of the molecule is CC(C)(C)CC(CO[C@@H]1O[C@H](CO)[C@@H](O)[C@H](O)[C@H]1O)c1ccc(OCCOCCOCCOCCn2cc(C[C@H](NC(=O)OC(C)(C)C)C(=O)NCC(=O)Nc3ccc(-c4c5ccc(=O)cc-5oc5cc(O)ccc45)c(C(=O)O)c3)nn2)cc1. The Morgan fingerprint density at radius 2 is 1.49 bits per heavy atom. The first-order valence-corrected chi connectivity index (χ1v) is 27.4. The average molecular weight is 1170 g/mol. The summed E-state index contributed by atoms with van der Waals surface area (Å²) in [7, 11) is 0. The van der Waals surface area contributed by atoms with Crippen molar-refractivity contribution in [3.8, 4) is 33.9 Å². The number of carbonyl (C=O) groups is 4. The van der Waals surface area contributed by atoms with Crippen LogP contribution in [-0.2, 0) is 51.0 Å². The van der Waals surface area contributed by atoms with Crippen molar-refractivity contribution in [2.75, 3.05) is 71.3 Å². The van der Waals surface area contributed by atoms with Gasteiger partial charge in [-0.1, -0.05) is 44.2 Å². The molecule has 1 fully saturated rings. The minimum absolute atomic E-state index is 0.0723. The normalized spacial score (nSPS) is 18.0. The third-order valence-corrected chi connectivity index (χ3v) is 13.1. The van der Waals surface area contributed by atoms with E-state index < -0.39 is 79.4 Å². The fourth-order valence-corrected chi connectivity index (χ4v) is 9.25. The topological polar surface area (TPSA) is 351 Å². The fraction of sp³-hybridized carbons (Fsp3) is 0.475. The molecule has 0 radical (unpaired) electrons. The van der Waals surface area contributed by atoms with Crippen LogP contribution in [-0.4, -0.2) is 178 Å². The van der Waals surface area contributed by atoms with Crippen molar-refractivity contribution in [1.29, 1.82) is 0 Å². The van der Waals surface area contributed by atoms with Crippen LogP contribution < -0.4 is 26.1 Å². The molecule has 1 aliphatic carbocycles. The molecule has 3 heterocycles. The molecule has 84 heavy (non-hydrogen) atoms. The molecule has 2 aliphatic heterocycles. The summed E-state index contributed by atoms with van der Waals surface area (Å²) < 4.78 is 47.1. The molecule has 3 amide bonds. The van der Waals surface area contributed by atoms with Crippen molar-refractivity contribution in [2.24, 2.45) is 5.41 Å². The number of hydrogen-bond donors (Lipinski definition) is 9. The van der Waals surface area contributed by atoms with Gasteiger partial charge in [0, 0.05) is 52.9 Å². The second kappa shape index (κ2) is 29.3. The summed E-state index contributed by atoms with van der Waals surface area (Å²) in [5.74, 6) is -2.17. The number of hydrogen-bond acceptors (Lipinski definition) is 20. The lowest BCUT2D eigenvalue weighted by Crippen LogP contribution is -2.59. The highest BCUT2D eigenvalue weighted by Gasteiger charge is 2.44. The van der Waals surface area contributed by atoms with Crippen LogP contribution >= 0.6 is 0 Å². The maximum atomic E-state index is 13.6. The van der Waals surface area contributed by atoms with E-state index in [0.29, 0.717) is 67.5 Å². The number of nitrogens with one attached hydrogen (secondary N) is 3. The van der Waals surface area contributed by atoms with Crippen molar-refractivity contribution in [3.05, 3.63) is 112 Å². The molecule has 3 aliphatic rings. The molecule has 1 saturated heterocycles. The molecule has 0 saturated carbocycles. The summed E-state index contributed by atoms with van der Waals surface area (Å²) in [6, 6.07) is 19.0. The molecule has 7 atom stereocenters. The van der Waals surface area contributed by atoms with Crippen molar-refractivity contribution in [3.63, 3.8) is 0 Å². The maximum absolute atomic E-state index is 13.6. The van der Waals surface area contributed by atoms with Crippen molar-refractivity contribution in [1.82, 2.24) is 25.6 Å². The molecule has 3 aromatic carbocycles. The number of fused-ring (bicyclic) bond motifs is 2. The number of nitrogens with zero attached hydrogens (tertiary/aromatic N) is 3. The zero-order valence-electron chi connectivity index (χ0n) is 47.6. The van der Waals surface area contributed by atoms with Gasteiger partial charge in [0.1, 0.15) is 65.5 Å². The van der Waals surface area contributed by atoms with E-state index in [2.05, 4.69) is 47.0 Å². The Morgan fingerprint density at radius 3 is 2.17 bits per heavy atom. The van der Waals surface area contributed by atoms with Crippen LogP contribution in [0.5, 0.6) is 11.5 Å². The zero-order chi connectivity index (χ0) is 60.7. The number of aromatic hydroxyl groups is 1. The Hall–Kier alpha value is -7.59. The number of aromatic nitrogens is 3. The van der Waals surface area contributed by atoms with Gasteiger partial charge in [0.2, 0.25) is 11.8 Å². The minimum atomic E-state index is -1.52. The third-order valence-electron chi connectivity index (χ3n) is 13.1. The van der Waals surface area contributed by atoms with Gasteiger partial charge >= 0.3 is 12.1 Å². The molecular weight excluding hydrogens is 1100 g/mol. The Balaban J connectivity index is 0.811. The lowest BCUT2D eigenvalue weighted by molar-refractivity contribution is -0.302. The molecule has 7 rings (SSSR count). The number of aromatic carboxylic acids is 1. The number of carboxylic acids is 1. The minimum Gasteiger partial charge on any atom is -0.508 e. The van der Waals surface area contributed by atoms with Gasteiger partial charge in [-0.3, -0.25) is 14.4 Å². The highest BCUT2D eigenvalue weighted by molar-refractivity contribution is 6.08. The summed E-state index contributed by atoms with van der Waals surface area (Å²) in [5, 5.41) is 77.1. The number of benzene rings is 4. The van der Waals surface area contributed by atoms with Gasteiger partial charge in [-0.2, -0.15) is 0 Å². The highest BCUT2D eigenvalue weighted by atomic mass is 16.7. The summed E-state index contributed by atoms with van der Waals surface area (Å²) in [6.45, 7) is 12.8. The molecule has 1 unspecified atom stereocenters. The van der Waals surface area contributed by atoms with Crippen LogP contribution in [0, 0.1) is 5.41 Å².